The molecule has 0 saturated carbocycles. The predicted octanol–water partition coefficient (Wildman–Crippen LogP) is 4.41. The number of nitrogens with zero attached hydrogens (tertiary/aromatic N) is 1. The minimum absolute atomic E-state index is 0.0523. The molecule has 0 spiro atoms. The third-order valence-corrected chi connectivity index (χ3v) is 4.46. The van der Waals surface area contributed by atoms with Gasteiger partial charge in [0, 0.05) is 18.0 Å². The number of alkyl halides is 3. The molecule has 1 saturated heterocycles. The summed E-state index contributed by atoms with van der Waals surface area (Å²) in [6.45, 7) is -1.61. The Labute approximate surface area is 168 Å². The quantitative estimate of drug-likeness (QED) is 0.715. The molecule has 2 amide bonds. The number of para-hydroxylation sites is 1. The molecule has 3 rings (SSSR count). The summed E-state index contributed by atoms with van der Waals surface area (Å²) in [6, 6.07) is 9.44. The van der Waals surface area contributed by atoms with Crippen LogP contribution in [0.5, 0.6) is 5.75 Å². The van der Waals surface area contributed by atoms with Crippen LogP contribution in [0.25, 0.3) is 0 Å². The van der Waals surface area contributed by atoms with Crippen LogP contribution in [0.2, 0.25) is 5.02 Å². The number of nitrogens with one attached hydrogen (secondary N) is 1. The first kappa shape index (κ1) is 20.9. The normalized spacial score (nSPS) is 16.8. The van der Waals surface area contributed by atoms with Crippen molar-refractivity contribution in [3.63, 3.8) is 0 Å². The zero-order valence-corrected chi connectivity index (χ0v) is 15.6. The van der Waals surface area contributed by atoms with Crippen molar-refractivity contribution >= 4 is 34.8 Å². The highest BCUT2D eigenvalue weighted by Crippen LogP contribution is 2.32. The van der Waals surface area contributed by atoms with Gasteiger partial charge in [0.15, 0.2) is 6.61 Å². The van der Waals surface area contributed by atoms with Gasteiger partial charge in [-0.15, -0.1) is 0 Å². The fraction of sp³-hybridized carbons (Fsp3) is 0.263. The fourth-order valence-electron chi connectivity index (χ4n) is 2.91. The van der Waals surface area contributed by atoms with Gasteiger partial charge in [-0.3, -0.25) is 9.59 Å². The molecule has 0 radical (unpaired) electrons. The van der Waals surface area contributed by atoms with Gasteiger partial charge in [0.1, 0.15) is 11.6 Å². The number of benzene rings is 2. The van der Waals surface area contributed by atoms with E-state index in [0.717, 1.165) is 0 Å². The van der Waals surface area contributed by atoms with E-state index in [4.69, 9.17) is 16.3 Å². The van der Waals surface area contributed by atoms with E-state index in [0.29, 0.717) is 0 Å². The number of rotatable bonds is 5. The Balaban J connectivity index is 1.73. The van der Waals surface area contributed by atoms with Gasteiger partial charge in [-0.05, 0) is 30.3 Å². The number of carbonyl (C=O) groups excluding carboxylic acids is 2. The highest BCUT2D eigenvalue weighted by molar-refractivity contribution is 6.31. The summed E-state index contributed by atoms with van der Waals surface area (Å²) in [5.41, 5.74) is 0.00768. The van der Waals surface area contributed by atoms with E-state index < -0.39 is 36.3 Å². The van der Waals surface area contributed by atoms with Crippen LogP contribution in [0.3, 0.4) is 0 Å². The number of halogens is 5. The molecule has 0 aromatic heterocycles. The summed E-state index contributed by atoms with van der Waals surface area (Å²) in [5.74, 6) is -2.68. The number of carbonyl (C=O) groups is 2. The van der Waals surface area contributed by atoms with E-state index in [1.807, 2.05) is 0 Å². The van der Waals surface area contributed by atoms with Gasteiger partial charge in [0.2, 0.25) is 11.8 Å². The first-order valence-electron chi connectivity index (χ1n) is 8.49. The Morgan fingerprint density at radius 1 is 1.24 bits per heavy atom. The largest absolute Gasteiger partial charge is 0.482 e. The maximum absolute atomic E-state index is 14.0. The van der Waals surface area contributed by atoms with Crippen LogP contribution in [-0.4, -0.2) is 31.1 Å². The van der Waals surface area contributed by atoms with E-state index >= 15 is 0 Å². The first-order valence-corrected chi connectivity index (χ1v) is 8.87. The average molecular weight is 431 g/mol. The summed E-state index contributed by atoms with van der Waals surface area (Å²) in [7, 11) is 0. The number of ether oxygens (including phenoxy) is 1. The van der Waals surface area contributed by atoms with Gasteiger partial charge in [-0.2, -0.15) is 13.2 Å². The molecule has 1 heterocycles. The SMILES string of the molecule is O=C(Nc1cc(Cl)ccc1OCC(F)(F)F)C1CC(=O)N(c2ccccc2F)C1. The van der Waals surface area contributed by atoms with Gasteiger partial charge in [-0.1, -0.05) is 23.7 Å². The van der Waals surface area contributed by atoms with E-state index in [-0.39, 0.29) is 35.1 Å². The second-order valence-corrected chi connectivity index (χ2v) is 6.83. The maximum Gasteiger partial charge on any atom is 0.422 e. The molecule has 1 aliphatic rings. The lowest BCUT2D eigenvalue weighted by atomic mass is 10.1. The van der Waals surface area contributed by atoms with Crippen molar-refractivity contribution in [3.8, 4) is 5.75 Å². The third kappa shape index (κ3) is 5.17. The van der Waals surface area contributed by atoms with Gasteiger partial charge in [0.05, 0.1) is 17.3 Å². The Morgan fingerprint density at radius 2 is 1.97 bits per heavy atom. The van der Waals surface area contributed by atoms with Crippen LogP contribution in [0, 0.1) is 11.7 Å². The van der Waals surface area contributed by atoms with Crippen LogP contribution < -0.4 is 15.0 Å². The van der Waals surface area contributed by atoms with Gasteiger partial charge in [-0.25, -0.2) is 4.39 Å². The molecule has 1 N–H and O–H groups in total. The van der Waals surface area contributed by atoms with Crippen molar-refractivity contribution in [2.24, 2.45) is 5.92 Å². The second kappa shape index (κ2) is 8.28. The smallest absolute Gasteiger partial charge is 0.422 e. The number of anilines is 2. The van der Waals surface area contributed by atoms with Crippen molar-refractivity contribution in [3.05, 3.63) is 53.3 Å². The van der Waals surface area contributed by atoms with Crippen molar-refractivity contribution in [1.82, 2.24) is 0 Å². The molecule has 29 heavy (non-hydrogen) atoms. The Morgan fingerprint density at radius 3 is 2.66 bits per heavy atom. The van der Waals surface area contributed by atoms with Gasteiger partial charge < -0.3 is 15.0 Å². The molecule has 1 atom stereocenters. The zero-order chi connectivity index (χ0) is 21.2. The molecule has 1 unspecified atom stereocenters. The van der Waals surface area contributed by atoms with Gasteiger partial charge in [0.25, 0.3) is 0 Å². The number of amides is 2. The molecule has 1 aliphatic heterocycles. The van der Waals surface area contributed by atoms with E-state index in [1.165, 1.54) is 41.3 Å². The molecular formula is C19H15ClF4N2O3. The predicted molar refractivity (Wildman–Crippen MR) is 98.5 cm³/mol. The molecule has 154 valence electrons. The van der Waals surface area contributed by atoms with Crippen LogP contribution in [0.15, 0.2) is 42.5 Å². The molecule has 2 aromatic rings. The van der Waals surface area contributed by atoms with E-state index in [9.17, 15) is 27.2 Å². The number of hydrogen-bond acceptors (Lipinski definition) is 3. The van der Waals surface area contributed by atoms with E-state index in [2.05, 4.69) is 5.32 Å². The van der Waals surface area contributed by atoms with E-state index in [1.54, 1.807) is 6.07 Å². The average Bonchev–Trinajstić information content (AvgIpc) is 3.02. The topological polar surface area (TPSA) is 58.6 Å². The van der Waals surface area contributed by atoms with Crippen molar-refractivity contribution in [1.29, 1.82) is 0 Å². The highest BCUT2D eigenvalue weighted by atomic mass is 35.5. The molecule has 0 aliphatic carbocycles. The maximum atomic E-state index is 14.0. The molecule has 5 nitrogen and oxygen atoms in total. The van der Waals surface area contributed by atoms with Crippen molar-refractivity contribution in [2.75, 3.05) is 23.4 Å². The lowest BCUT2D eigenvalue weighted by molar-refractivity contribution is -0.153. The Kier molecular flexibility index (Phi) is 5.97. The summed E-state index contributed by atoms with van der Waals surface area (Å²) in [6.07, 6.45) is -4.72. The lowest BCUT2D eigenvalue weighted by Gasteiger charge is -2.18. The molecule has 1 fully saturated rings. The van der Waals surface area contributed by atoms with Crippen LogP contribution >= 0.6 is 11.6 Å². The third-order valence-electron chi connectivity index (χ3n) is 4.23. The van der Waals surface area contributed by atoms with Crippen molar-refractivity contribution in [2.45, 2.75) is 12.6 Å². The lowest BCUT2D eigenvalue weighted by Crippen LogP contribution is -2.29. The van der Waals surface area contributed by atoms with Crippen LogP contribution in [-0.2, 0) is 9.59 Å². The van der Waals surface area contributed by atoms with Gasteiger partial charge >= 0.3 is 6.18 Å². The second-order valence-electron chi connectivity index (χ2n) is 6.39. The standard InChI is InChI=1S/C19H15ClF4N2O3/c20-12-5-6-16(29-10-19(22,23)24)14(8-12)25-18(28)11-7-17(27)26(9-11)15-4-2-1-3-13(15)21/h1-6,8,11H,7,9-10H2,(H,25,28). The monoisotopic (exact) mass is 430 g/mol. The zero-order valence-electron chi connectivity index (χ0n) is 14.8. The minimum Gasteiger partial charge on any atom is -0.482 e. The van der Waals surface area contributed by atoms with Crippen LogP contribution in [0.4, 0.5) is 28.9 Å². The minimum atomic E-state index is -4.56. The number of hydrogen-bond donors (Lipinski definition) is 1. The Hall–Kier alpha value is -2.81. The summed E-state index contributed by atoms with van der Waals surface area (Å²) < 4.78 is 56.0. The molecule has 2 aromatic carbocycles. The molecular weight excluding hydrogens is 416 g/mol. The highest BCUT2D eigenvalue weighted by Gasteiger charge is 2.36. The fourth-order valence-corrected chi connectivity index (χ4v) is 3.08. The first-order chi connectivity index (χ1) is 13.6. The Bertz CT molecular complexity index is 936. The van der Waals surface area contributed by atoms with Crippen molar-refractivity contribution < 1.29 is 31.9 Å². The summed E-state index contributed by atoms with van der Waals surface area (Å²) >= 11 is 5.86. The summed E-state index contributed by atoms with van der Waals surface area (Å²) in [5, 5.41) is 2.62. The molecule has 0 bridgehead atoms. The molecule has 10 heteroatoms. The van der Waals surface area contributed by atoms with Crippen LogP contribution in [0.1, 0.15) is 6.42 Å². The summed E-state index contributed by atoms with van der Waals surface area (Å²) in [4.78, 5) is 26.0.